The number of nitrogens with two attached hydrogens (primary N) is 1. The summed E-state index contributed by atoms with van der Waals surface area (Å²) < 4.78 is 29.8. The fraction of sp³-hybridized carbons (Fsp3) is 0.0476. The molecule has 4 rings (SSSR count). The van der Waals surface area contributed by atoms with Crippen LogP contribution in [0.15, 0.2) is 60.1 Å². The number of nitrogens with zero attached hydrogens (tertiary/aromatic N) is 4. The van der Waals surface area contributed by atoms with Gasteiger partial charge in [0.25, 0.3) is 0 Å². The monoisotopic (exact) mass is 390 g/mol. The molecule has 0 saturated carbocycles. The molecule has 0 atom stereocenters. The second-order valence-corrected chi connectivity index (χ2v) is 6.21. The molecule has 0 aliphatic heterocycles. The van der Waals surface area contributed by atoms with Crippen LogP contribution >= 0.6 is 0 Å². The fourth-order valence-electron chi connectivity index (χ4n) is 3.10. The summed E-state index contributed by atoms with van der Waals surface area (Å²) in [7, 11) is 1.60. The summed E-state index contributed by atoms with van der Waals surface area (Å²) in [6.07, 6.45) is 5.74. The van der Waals surface area contributed by atoms with Crippen molar-refractivity contribution in [1.82, 2.24) is 15.0 Å². The Morgan fingerprint density at radius 3 is 2.76 bits per heavy atom. The molecule has 0 fully saturated rings. The van der Waals surface area contributed by atoms with Gasteiger partial charge in [-0.15, -0.1) is 0 Å². The Labute approximate surface area is 164 Å². The molecule has 29 heavy (non-hydrogen) atoms. The Hall–Kier alpha value is -3.94. The summed E-state index contributed by atoms with van der Waals surface area (Å²) in [4.78, 5) is 16.3. The maximum atomic E-state index is 15.0. The lowest BCUT2D eigenvalue weighted by Gasteiger charge is -2.12. The van der Waals surface area contributed by atoms with E-state index in [4.69, 9.17) is 5.73 Å². The van der Waals surface area contributed by atoms with E-state index in [2.05, 4.69) is 25.3 Å². The van der Waals surface area contributed by atoms with Crippen molar-refractivity contribution in [1.29, 1.82) is 0 Å². The standard InChI is InChI=1S/C21H16F2N6/c1-25-10-13(9-24)12-7-15(22)19-18(8-12)27-11-28-21(19)29-17-5-4-16-14(20(17)23)3-2-6-26-16/h2-11H,24H2,1H3,(H,27,28,29)/b13-9+,25-10?. The van der Waals surface area contributed by atoms with Crippen molar-refractivity contribution in [3.05, 3.63) is 72.3 Å². The van der Waals surface area contributed by atoms with Crippen LogP contribution in [0.5, 0.6) is 0 Å². The summed E-state index contributed by atoms with van der Waals surface area (Å²) >= 11 is 0. The molecule has 0 amide bonds. The van der Waals surface area contributed by atoms with Crippen LogP contribution in [0.25, 0.3) is 27.4 Å². The molecule has 2 heterocycles. The minimum Gasteiger partial charge on any atom is -0.404 e. The Morgan fingerprint density at radius 1 is 1.10 bits per heavy atom. The number of halogens is 2. The highest BCUT2D eigenvalue weighted by molar-refractivity contribution is 6.10. The van der Waals surface area contributed by atoms with Gasteiger partial charge in [0.05, 0.1) is 22.1 Å². The molecular weight excluding hydrogens is 374 g/mol. The quantitative estimate of drug-likeness (QED) is 0.510. The largest absolute Gasteiger partial charge is 0.404 e. The van der Waals surface area contributed by atoms with Crippen molar-refractivity contribution in [2.75, 3.05) is 12.4 Å². The smallest absolute Gasteiger partial charge is 0.156 e. The summed E-state index contributed by atoms with van der Waals surface area (Å²) in [6.45, 7) is 0. The third kappa shape index (κ3) is 3.36. The molecule has 3 N–H and O–H groups in total. The van der Waals surface area contributed by atoms with Gasteiger partial charge in [-0.3, -0.25) is 9.98 Å². The van der Waals surface area contributed by atoms with Gasteiger partial charge >= 0.3 is 0 Å². The number of pyridine rings is 1. The van der Waals surface area contributed by atoms with Crippen molar-refractivity contribution in [2.24, 2.45) is 10.7 Å². The predicted octanol–water partition coefficient (Wildman–Crippen LogP) is 4.20. The van der Waals surface area contributed by atoms with Crippen molar-refractivity contribution < 1.29 is 8.78 Å². The average Bonchev–Trinajstić information content (AvgIpc) is 2.74. The first-order valence-electron chi connectivity index (χ1n) is 8.71. The topological polar surface area (TPSA) is 89.1 Å². The van der Waals surface area contributed by atoms with Crippen molar-refractivity contribution >= 4 is 45.1 Å². The van der Waals surface area contributed by atoms with Crippen LogP contribution in [-0.4, -0.2) is 28.2 Å². The van der Waals surface area contributed by atoms with E-state index in [0.29, 0.717) is 27.6 Å². The molecule has 0 aliphatic rings. The molecule has 144 valence electrons. The zero-order chi connectivity index (χ0) is 20.4. The molecule has 4 aromatic rings. The molecule has 2 aromatic carbocycles. The zero-order valence-corrected chi connectivity index (χ0v) is 15.4. The SMILES string of the molecule is CN=C/C(=C\N)c1cc(F)c2c(Nc3ccc4ncccc4c3F)ncnc2c1. The van der Waals surface area contributed by atoms with Crippen LogP contribution in [0.4, 0.5) is 20.3 Å². The van der Waals surface area contributed by atoms with E-state index in [1.54, 1.807) is 37.5 Å². The van der Waals surface area contributed by atoms with Crippen LogP contribution in [0.1, 0.15) is 5.56 Å². The number of hydrogen-bond donors (Lipinski definition) is 2. The minimum atomic E-state index is -0.563. The van der Waals surface area contributed by atoms with Gasteiger partial charge in [-0.1, -0.05) is 0 Å². The number of allylic oxidation sites excluding steroid dienone is 1. The van der Waals surface area contributed by atoms with Crippen LogP contribution in [0.3, 0.4) is 0 Å². The van der Waals surface area contributed by atoms with Gasteiger partial charge in [-0.25, -0.2) is 18.7 Å². The van der Waals surface area contributed by atoms with Gasteiger partial charge in [0.15, 0.2) is 5.82 Å². The molecule has 0 aliphatic carbocycles. The minimum absolute atomic E-state index is 0.145. The van der Waals surface area contributed by atoms with Crippen LogP contribution < -0.4 is 11.1 Å². The van der Waals surface area contributed by atoms with Crippen molar-refractivity contribution in [2.45, 2.75) is 0 Å². The van der Waals surface area contributed by atoms with E-state index >= 15 is 0 Å². The van der Waals surface area contributed by atoms with Crippen LogP contribution in [0, 0.1) is 11.6 Å². The highest BCUT2D eigenvalue weighted by atomic mass is 19.1. The predicted molar refractivity (Wildman–Crippen MR) is 111 cm³/mol. The number of fused-ring (bicyclic) bond motifs is 2. The maximum absolute atomic E-state index is 15.0. The van der Waals surface area contributed by atoms with Crippen LogP contribution in [0.2, 0.25) is 0 Å². The number of hydrogen-bond acceptors (Lipinski definition) is 6. The number of nitrogens with one attached hydrogen (secondary N) is 1. The van der Waals surface area contributed by atoms with E-state index in [0.717, 1.165) is 0 Å². The molecule has 0 saturated heterocycles. The summed E-state index contributed by atoms with van der Waals surface area (Å²) in [6, 6.07) is 9.49. The van der Waals surface area contributed by atoms with Gasteiger partial charge < -0.3 is 11.1 Å². The lowest BCUT2D eigenvalue weighted by Crippen LogP contribution is -2.01. The first-order valence-corrected chi connectivity index (χ1v) is 8.71. The Bertz CT molecular complexity index is 1280. The first kappa shape index (κ1) is 18.4. The zero-order valence-electron chi connectivity index (χ0n) is 15.4. The molecule has 2 aromatic heterocycles. The lowest BCUT2D eigenvalue weighted by atomic mass is 10.0. The number of aliphatic imine (C=N–C) groups is 1. The highest BCUT2D eigenvalue weighted by Crippen LogP contribution is 2.31. The molecule has 0 unspecified atom stereocenters. The Kier molecular flexibility index (Phi) is 4.82. The number of aromatic nitrogens is 3. The Balaban J connectivity index is 1.82. The normalized spacial score (nSPS) is 12.2. The second-order valence-electron chi connectivity index (χ2n) is 6.21. The average molecular weight is 390 g/mol. The molecule has 0 radical (unpaired) electrons. The lowest BCUT2D eigenvalue weighted by molar-refractivity contribution is 0.638. The van der Waals surface area contributed by atoms with Crippen molar-refractivity contribution in [3.8, 4) is 0 Å². The van der Waals surface area contributed by atoms with E-state index < -0.39 is 11.6 Å². The van der Waals surface area contributed by atoms with E-state index in [9.17, 15) is 8.78 Å². The second kappa shape index (κ2) is 7.59. The van der Waals surface area contributed by atoms with E-state index in [-0.39, 0.29) is 16.9 Å². The van der Waals surface area contributed by atoms with Crippen molar-refractivity contribution in [3.63, 3.8) is 0 Å². The van der Waals surface area contributed by atoms with Crippen LogP contribution in [-0.2, 0) is 0 Å². The number of rotatable bonds is 4. The fourth-order valence-corrected chi connectivity index (χ4v) is 3.10. The summed E-state index contributed by atoms with van der Waals surface area (Å²) in [5.41, 5.74) is 7.72. The van der Waals surface area contributed by atoms with Gasteiger partial charge in [-0.2, -0.15) is 0 Å². The van der Waals surface area contributed by atoms with Gasteiger partial charge in [0, 0.05) is 36.6 Å². The molecule has 0 spiro atoms. The first-order chi connectivity index (χ1) is 14.1. The van der Waals surface area contributed by atoms with E-state index in [1.165, 1.54) is 30.9 Å². The van der Waals surface area contributed by atoms with Gasteiger partial charge in [0.2, 0.25) is 0 Å². The summed E-state index contributed by atoms with van der Waals surface area (Å²) in [5.74, 6) is -0.900. The van der Waals surface area contributed by atoms with Gasteiger partial charge in [-0.05, 0) is 42.0 Å². The number of benzene rings is 2. The maximum Gasteiger partial charge on any atom is 0.156 e. The molecule has 6 nitrogen and oxygen atoms in total. The molecule has 8 heteroatoms. The van der Waals surface area contributed by atoms with E-state index in [1.807, 2.05) is 0 Å². The molecule has 0 bridgehead atoms. The van der Waals surface area contributed by atoms with Gasteiger partial charge in [0.1, 0.15) is 18.0 Å². The third-order valence-electron chi connectivity index (χ3n) is 4.44. The summed E-state index contributed by atoms with van der Waals surface area (Å²) in [5, 5.41) is 3.38. The molecular formula is C21H16F2N6. The third-order valence-corrected chi connectivity index (χ3v) is 4.44. The number of anilines is 2. The Morgan fingerprint density at radius 2 is 1.97 bits per heavy atom. The highest BCUT2D eigenvalue weighted by Gasteiger charge is 2.15.